The highest BCUT2D eigenvalue weighted by molar-refractivity contribution is 5.93. The summed E-state index contributed by atoms with van der Waals surface area (Å²) in [6, 6.07) is 1.66. The Morgan fingerprint density at radius 3 is 2.55 bits per heavy atom. The lowest BCUT2D eigenvalue weighted by atomic mass is 10.2. The van der Waals surface area contributed by atoms with E-state index in [1.807, 2.05) is 0 Å². The van der Waals surface area contributed by atoms with E-state index in [1.165, 1.54) is 12.3 Å². The van der Waals surface area contributed by atoms with Crippen molar-refractivity contribution in [1.29, 1.82) is 0 Å². The van der Waals surface area contributed by atoms with Gasteiger partial charge < -0.3 is 5.32 Å². The van der Waals surface area contributed by atoms with Crippen molar-refractivity contribution in [3.05, 3.63) is 12.3 Å². The van der Waals surface area contributed by atoms with E-state index in [-0.39, 0.29) is 17.8 Å². The maximum absolute atomic E-state index is 12.3. The number of carbonyl (C=O) groups excluding carboxylic acids is 1. The zero-order valence-corrected chi connectivity index (χ0v) is 12.9. The van der Waals surface area contributed by atoms with E-state index < -0.39 is 12.7 Å². The van der Waals surface area contributed by atoms with Gasteiger partial charge in [-0.05, 0) is 33.6 Å². The lowest BCUT2D eigenvalue weighted by Crippen LogP contribution is -2.46. The number of aromatic nitrogens is 2. The summed E-state index contributed by atoms with van der Waals surface area (Å²) >= 11 is 0. The number of carbonyl (C=O) groups is 1. The molecule has 0 radical (unpaired) electrons. The van der Waals surface area contributed by atoms with Gasteiger partial charge in [-0.25, -0.2) is 0 Å². The molecular weight excluding hydrogens is 297 g/mol. The molecule has 1 N–H and O–H groups in total. The molecule has 2 rings (SSSR count). The van der Waals surface area contributed by atoms with Crippen LogP contribution in [0, 0.1) is 0 Å². The minimum Gasteiger partial charge on any atom is -0.308 e. The summed E-state index contributed by atoms with van der Waals surface area (Å²) in [6.45, 7) is 4.79. The maximum Gasteiger partial charge on any atom is 0.408 e. The molecule has 22 heavy (non-hydrogen) atoms. The molecule has 1 aliphatic rings. The molecule has 0 bridgehead atoms. The Labute approximate surface area is 127 Å². The van der Waals surface area contributed by atoms with Gasteiger partial charge in [-0.3, -0.25) is 14.4 Å². The summed E-state index contributed by atoms with van der Waals surface area (Å²) < 4.78 is 37.6. The predicted octanol–water partition coefficient (Wildman–Crippen LogP) is 2.65. The van der Waals surface area contributed by atoms with Crippen LogP contribution < -0.4 is 5.32 Å². The number of nitrogens with zero attached hydrogens (tertiary/aromatic N) is 3. The van der Waals surface area contributed by atoms with E-state index in [0.29, 0.717) is 12.1 Å². The van der Waals surface area contributed by atoms with Gasteiger partial charge in [0, 0.05) is 24.3 Å². The van der Waals surface area contributed by atoms with E-state index in [4.69, 9.17) is 0 Å². The lowest BCUT2D eigenvalue weighted by molar-refractivity contribution is -0.142. The van der Waals surface area contributed by atoms with Crippen LogP contribution in [0.5, 0.6) is 0 Å². The first kappa shape index (κ1) is 16.8. The van der Waals surface area contributed by atoms with Crippen LogP contribution in [-0.4, -0.2) is 44.9 Å². The van der Waals surface area contributed by atoms with Gasteiger partial charge in [0.15, 0.2) is 5.82 Å². The third-order valence-electron chi connectivity index (χ3n) is 4.08. The third kappa shape index (κ3) is 4.00. The smallest absolute Gasteiger partial charge is 0.308 e. The highest BCUT2D eigenvalue weighted by Crippen LogP contribution is 2.26. The molecule has 0 spiro atoms. The summed E-state index contributed by atoms with van der Waals surface area (Å²) in [5, 5.41) is 6.31. The Kier molecular flexibility index (Phi) is 4.79. The standard InChI is InChI=1S/C14H21F3N4O/c1-9-4-5-10(2)21(9)11(3)13(22)18-12-6-7-20(19-12)8-14(15,16)17/h6-7,9-11H,4-5,8H2,1-3H3,(H,18,19,22)/t9-,10+,11-/m0/s1. The maximum atomic E-state index is 12.3. The predicted molar refractivity (Wildman–Crippen MR) is 76.4 cm³/mol. The van der Waals surface area contributed by atoms with Crippen molar-refractivity contribution in [2.24, 2.45) is 0 Å². The van der Waals surface area contributed by atoms with Crippen LogP contribution >= 0.6 is 0 Å². The van der Waals surface area contributed by atoms with Crippen molar-refractivity contribution in [2.45, 2.75) is 64.5 Å². The molecule has 124 valence electrons. The fourth-order valence-electron chi connectivity index (χ4n) is 3.04. The van der Waals surface area contributed by atoms with Gasteiger partial charge >= 0.3 is 6.18 Å². The van der Waals surface area contributed by atoms with Crippen molar-refractivity contribution in [3.8, 4) is 0 Å². The average molecular weight is 318 g/mol. The second kappa shape index (κ2) is 6.28. The van der Waals surface area contributed by atoms with Crippen molar-refractivity contribution in [1.82, 2.24) is 14.7 Å². The first-order valence-electron chi connectivity index (χ1n) is 7.36. The van der Waals surface area contributed by atoms with E-state index in [2.05, 4.69) is 29.2 Å². The first-order valence-corrected chi connectivity index (χ1v) is 7.36. The Bertz CT molecular complexity index is 518. The number of anilines is 1. The van der Waals surface area contributed by atoms with Crippen molar-refractivity contribution in [2.75, 3.05) is 5.32 Å². The molecular formula is C14H21F3N4O. The molecule has 0 unspecified atom stereocenters. The Balaban J connectivity index is 1.97. The van der Waals surface area contributed by atoms with Gasteiger partial charge in [0.25, 0.3) is 0 Å². The molecule has 0 aliphatic carbocycles. The number of alkyl halides is 3. The molecule has 1 amide bonds. The summed E-state index contributed by atoms with van der Waals surface area (Å²) in [5.74, 6) is -0.113. The van der Waals surface area contributed by atoms with Gasteiger partial charge in [-0.15, -0.1) is 0 Å². The monoisotopic (exact) mass is 318 g/mol. The molecule has 3 atom stereocenters. The molecule has 1 fully saturated rings. The Hall–Kier alpha value is -1.57. The number of halogens is 3. The van der Waals surface area contributed by atoms with Gasteiger partial charge in [0.1, 0.15) is 6.54 Å². The number of nitrogens with one attached hydrogen (secondary N) is 1. The molecule has 0 aromatic carbocycles. The number of hydrogen-bond acceptors (Lipinski definition) is 3. The van der Waals surface area contributed by atoms with Crippen LogP contribution in [0.1, 0.15) is 33.6 Å². The summed E-state index contributed by atoms with van der Waals surface area (Å²) in [5.41, 5.74) is 0. The number of likely N-dealkylation sites (tertiary alicyclic amines) is 1. The fraction of sp³-hybridized carbons (Fsp3) is 0.714. The van der Waals surface area contributed by atoms with Crippen LogP contribution in [0.2, 0.25) is 0 Å². The molecule has 2 heterocycles. The zero-order chi connectivity index (χ0) is 16.5. The summed E-state index contributed by atoms with van der Waals surface area (Å²) in [7, 11) is 0. The minimum atomic E-state index is -4.33. The molecule has 1 aliphatic heterocycles. The van der Waals surface area contributed by atoms with Crippen molar-refractivity contribution in [3.63, 3.8) is 0 Å². The largest absolute Gasteiger partial charge is 0.408 e. The van der Waals surface area contributed by atoms with Crippen molar-refractivity contribution < 1.29 is 18.0 Å². The summed E-state index contributed by atoms with van der Waals surface area (Å²) in [6.07, 6.45) is -1.05. The molecule has 1 saturated heterocycles. The highest BCUT2D eigenvalue weighted by Gasteiger charge is 2.34. The van der Waals surface area contributed by atoms with E-state index in [9.17, 15) is 18.0 Å². The lowest BCUT2D eigenvalue weighted by Gasteiger charge is -2.31. The number of hydrogen-bond donors (Lipinski definition) is 1. The van der Waals surface area contributed by atoms with Crippen LogP contribution in [-0.2, 0) is 11.3 Å². The van der Waals surface area contributed by atoms with Gasteiger partial charge in [-0.1, -0.05) is 0 Å². The average Bonchev–Trinajstić information content (AvgIpc) is 2.94. The molecule has 5 nitrogen and oxygen atoms in total. The number of amides is 1. The molecule has 8 heteroatoms. The van der Waals surface area contributed by atoms with Crippen LogP contribution in [0.3, 0.4) is 0 Å². The normalized spacial score (nSPS) is 24.5. The van der Waals surface area contributed by atoms with E-state index in [0.717, 1.165) is 17.5 Å². The van der Waals surface area contributed by atoms with Crippen LogP contribution in [0.25, 0.3) is 0 Å². The Morgan fingerprint density at radius 2 is 2.00 bits per heavy atom. The molecule has 1 aromatic heterocycles. The minimum absolute atomic E-state index is 0.139. The molecule has 0 saturated carbocycles. The quantitative estimate of drug-likeness (QED) is 0.928. The van der Waals surface area contributed by atoms with Gasteiger partial charge in [0.05, 0.1) is 6.04 Å². The van der Waals surface area contributed by atoms with E-state index in [1.54, 1.807) is 6.92 Å². The second-order valence-electron chi connectivity index (χ2n) is 5.90. The fourth-order valence-corrected chi connectivity index (χ4v) is 3.04. The van der Waals surface area contributed by atoms with Crippen LogP contribution in [0.15, 0.2) is 12.3 Å². The highest BCUT2D eigenvalue weighted by atomic mass is 19.4. The second-order valence-corrected chi connectivity index (χ2v) is 5.90. The molecule has 1 aromatic rings. The van der Waals surface area contributed by atoms with Gasteiger partial charge in [0.2, 0.25) is 5.91 Å². The topological polar surface area (TPSA) is 50.2 Å². The van der Waals surface area contributed by atoms with Crippen molar-refractivity contribution >= 4 is 11.7 Å². The summed E-state index contributed by atoms with van der Waals surface area (Å²) in [4.78, 5) is 14.4. The van der Waals surface area contributed by atoms with E-state index >= 15 is 0 Å². The Morgan fingerprint density at radius 1 is 1.41 bits per heavy atom. The third-order valence-corrected chi connectivity index (χ3v) is 4.08. The first-order chi connectivity index (χ1) is 10.2. The van der Waals surface area contributed by atoms with Gasteiger partial charge in [-0.2, -0.15) is 18.3 Å². The zero-order valence-electron chi connectivity index (χ0n) is 12.9. The SMILES string of the molecule is C[C@@H]1CC[C@H](C)N1[C@@H](C)C(=O)Nc1ccn(CC(F)(F)F)n1. The number of rotatable bonds is 4. The van der Waals surface area contributed by atoms with Crippen LogP contribution in [0.4, 0.5) is 19.0 Å².